The van der Waals surface area contributed by atoms with Gasteiger partial charge in [0.1, 0.15) is 4.70 Å². The summed E-state index contributed by atoms with van der Waals surface area (Å²) in [6.07, 6.45) is 1.82. The SMILES string of the molecule is N#Cc1ccccc1Cn1c(N2CCC[C@@H](N)C2)nc2cc(C(=O)Nc3ccccc3)sc2c1=O. The summed E-state index contributed by atoms with van der Waals surface area (Å²) < 4.78 is 2.01. The van der Waals surface area contributed by atoms with Crippen LogP contribution in [0.4, 0.5) is 11.6 Å². The molecule has 3 N–H and O–H groups in total. The van der Waals surface area contributed by atoms with Crippen LogP contribution in [-0.2, 0) is 6.54 Å². The van der Waals surface area contributed by atoms with Crippen LogP contribution in [0.15, 0.2) is 65.5 Å². The summed E-state index contributed by atoms with van der Waals surface area (Å²) in [7, 11) is 0. The molecule has 1 atom stereocenters. The van der Waals surface area contributed by atoms with Gasteiger partial charge in [0, 0.05) is 24.8 Å². The van der Waals surface area contributed by atoms with Gasteiger partial charge >= 0.3 is 0 Å². The van der Waals surface area contributed by atoms with Gasteiger partial charge in [0.05, 0.1) is 28.6 Å². The molecule has 0 radical (unpaired) electrons. The van der Waals surface area contributed by atoms with Gasteiger partial charge in [-0.25, -0.2) is 4.98 Å². The lowest BCUT2D eigenvalue weighted by molar-refractivity contribution is 0.103. The minimum atomic E-state index is -0.290. The molecule has 0 saturated carbocycles. The molecular formula is C26H24N6O2S. The standard InChI is InChI=1S/C26H24N6O2S/c27-14-17-7-4-5-8-18(17)15-32-25(34)23-21(30-26(32)31-12-6-9-19(28)16-31)13-22(35-23)24(33)29-20-10-2-1-3-11-20/h1-5,7-8,10-11,13,19H,6,9,12,15-16,28H2,(H,29,33)/t19-/m1/s1. The molecule has 1 fully saturated rings. The molecule has 2 aromatic carbocycles. The average molecular weight is 485 g/mol. The second kappa shape index (κ2) is 9.70. The molecule has 0 unspecified atom stereocenters. The van der Waals surface area contributed by atoms with Gasteiger partial charge in [-0.3, -0.25) is 14.2 Å². The summed E-state index contributed by atoms with van der Waals surface area (Å²) in [6, 6.07) is 20.3. The monoisotopic (exact) mass is 484 g/mol. The topological polar surface area (TPSA) is 117 Å². The largest absolute Gasteiger partial charge is 0.341 e. The first kappa shape index (κ1) is 22.8. The Hall–Kier alpha value is -4.00. The lowest BCUT2D eigenvalue weighted by Gasteiger charge is -2.33. The third-order valence-corrected chi connectivity index (χ3v) is 7.19. The van der Waals surface area contributed by atoms with Gasteiger partial charge in [-0.2, -0.15) is 5.26 Å². The quantitative estimate of drug-likeness (QED) is 0.447. The molecule has 0 aliphatic carbocycles. The number of nitrogens with two attached hydrogens (primary N) is 1. The Bertz CT molecular complexity index is 1490. The van der Waals surface area contributed by atoms with E-state index in [1.54, 1.807) is 34.9 Å². The molecule has 176 valence electrons. The maximum Gasteiger partial charge on any atom is 0.273 e. The molecule has 35 heavy (non-hydrogen) atoms. The Morgan fingerprint density at radius 3 is 2.74 bits per heavy atom. The fraction of sp³-hybridized carbons (Fsp3) is 0.231. The van der Waals surface area contributed by atoms with E-state index in [-0.39, 0.29) is 24.1 Å². The number of nitriles is 1. The van der Waals surface area contributed by atoms with Crippen LogP contribution in [-0.4, -0.2) is 34.6 Å². The van der Waals surface area contributed by atoms with Crippen LogP contribution in [0.3, 0.4) is 0 Å². The average Bonchev–Trinajstić information content (AvgIpc) is 3.31. The summed E-state index contributed by atoms with van der Waals surface area (Å²) in [5.74, 6) is 0.222. The van der Waals surface area contributed by atoms with Gasteiger partial charge < -0.3 is 16.0 Å². The molecular weight excluding hydrogens is 460 g/mol. The van der Waals surface area contributed by atoms with Crippen molar-refractivity contribution in [3.8, 4) is 6.07 Å². The number of nitrogens with one attached hydrogen (secondary N) is 1. The smallest absolute Gasteiger partial charge is 0.273 e. The molecule has 3 heterocycles. The second-order valence-electron chi connectivity index (χ2n) is 8.57. The van der Waals surface area contributed by atoms with Crippen molar-refractivity contribution in [2.24, 2.45) is 5.73 Å². The molecule has 0 spiro atoms. The molecule has 1 saturated heterocycles. The molecule has 1 aliphatic heterocycles. The van der Waals surface area contributed by atoms with Gasteiger partial charge in [0.25, 0.3) is 11.5 Å². The van der Waals surface area contributed by atoms with Crippen LogP contribution in [0.1, 0.15) is 33.6 Å². The van der Waals surface area contributed by atoms with Gasteiger partial charge in [0.15, 0.2) is 0 Å². The Morgan fingerprint density at radius 1 is 1.20 bits per heavy atom. The van der Waals surface area contributed by atoms with Crippen molar-refractivity contribution in [1.82, 2.24) is 9.55 Å². The molecule has 5 rings (SSSR count). The van der Waals surface area contributed by atoms with Crippen molar-refractivity contribution in [1.29, 1.82) is 5.26 Å². The first-order valence-corrected chi connectivity index (χ1v) is 12.2. The van der Waals surface area contributed by atoms with E-state index >= 15 is 0 Å². The maximum atomic E-state index is 13.7. The highest BCUT2D eigenvalue weighted by atomic mass is 32.1. The molecule has 1 amide bonds. The van der Waals surface area contributed by atoms with Crippen LogP contribution >= 0.6 is 11.3 Å². The number of rotatable bonds is 5. The number of para-hydroxylation sites is 1. The molecule has 1 aliphatic rings. The van der Waals surface area contributed by atoms with Crippen LogP contribution in [0.25, 0.3) is 10.2 Å². The summed E-state index contributed by atoms with van der Waals surface area (Å²) in [5.41, 5.74) is 8.40. The fourth-order valence-electron chi connectivity index (χ4n) is 4.34. The van der Waals surface area contributed by atoms with Gasteiger partial charge in [-0.1, -0.05) is 36.4 Å². The number of hydrogen-bond acceptors (Lipinski definition) is 7. The van der Waals surface area contributed by atoms with E-state index in [2.05, 4.69) is 11.4 Å². The van der Waals surface area contributed by atoms with Gasteiger partial charge in [-0.05, 0) is 42.7 Å². The van der Waals surface area contributed by atoms with Crippen molar-refractivity contribution < 1.29 is 4.79 Å². The predicted molar refractivity (Wildman–Crippen MR) is 138 cm³/mol. The van der Waals surface area contributed by atoms with Crippen molar-refractivity contribution in [3.05, 3.63) is 87.0 Å². The molecule has 8 nitrogen and oxygen atoms in total. The molecule has 2 aromatic heterocycles. The predicted octanol–water partition coefficient (Wildman–Crippen LogP) is 3.56. The van der Waals surface area contributed by atoms with E-state index in [1.165, 1.54) is 0 Å². The van der Waals surface area contributed by atoms with E-state index in [0.717, 1.165) is 36.3 Å². The normalized spacial score (nSPS) is 15.7. The molecule has 4 aromatic rings. The Balaban J connectivity index is 1.59. The van der Waals surface area contributed by atoms with Gasteiger partial charge in [-0.15, -0.1) is 11.3 Å². The zero-order valence-electron chi connectivity index (χ0n) is 19.0. The Morgan fingerprint density at radius 2 is 1.97 bits per heavy atom. The number of nitrogens with zero attached hydrogens (tertiary/aromatic N) is 4. The fourth-order valence-corrected chi connectivity index (χ4v) is 5.28. The van der Waals surface area contributed by atoms with E-state index < -0.39 is 0 Å². The number of amides is 1. The highest BCUT2D eigenvalue weighted by Gasteiger charge is 2.24. The number of benzene rings is 2. The van der Waals surface area contributed by atoms with Crippen molar-refractivity contribution in [3.63, 3.8) is 0 Å². The molecule has 0 bridgehead atoms. The number of aromatic nitrogens is 2. The van der Waals surface area contributed by atoms with Crippen LogP contribution in [0.2, 0.25) is 0 Å². The van der Waals surface area contributed by atoms with Crippen LogP contribution in [0, 0.1) is 11.3 Å². The summed E-state index contributed by atoms with van der Waals surface area (Å²) >= 11 is 1.13. The minimum absolute atomic E-state index is 0.00844. The van der Waals surface area contributed by atoms with E-state index in [4.69, 9.17) is 10.7 Å². The van der Waals surface area contributed by atoms with Crippen molar-refractivity contribution in [2.75, 3.05) is 23.3 Å². The van der Waals surface area contributed by atoms with Gasteiger partial charge in [0.2, 0.25) is 5.95 Å². The number of hydrogen-bond donors (Lipinski definition) is 2. The number of anilines is 2. The number of carbonyl (C=O) groups excluding carboxylic acids is 1. The Kier molecular flexibility index (Phi) is 6.31. The first-order chi connectivity index (χ1) is 17.0. The van der Waals surface area contributed by atoms with E-state index in [1.807, 2.05) is 35.2 Å². The number of carbonyl (C=O) groups is 1. The lowest BCUT2D eigenvalue weighted by Crippen LogP contribution is -2.45. The minimum Gasteiger partial charge on any atom is -0.341 e. The zero-order chi connectivity index (χ0) is 24.4. The third kappa shape index (κ3) is 4.67. The Labute approximate surface area is 206 Å². The number of thiophene rings is 1. The van der Waals surface area contributed by atoms with E-state index in [0.29, 0.717) is 38.8 Å². The van der Waals surface area contributed by atoms with Crippen LogP contribution in [0.5, 0.6) is 0 Å². The third-order valence-electron chi connectivity index (χ3n) is 6.08. The van der Waals surface area contributed by atoms with E-state index in [9.17, 15) is 14.9 Å². The second-order valence-corrected chi connectivity index (χ2v) is 9.62. The van der Waals surface area contributed by atoms with Crippen molar-refractivity contribution >= 4 is 39.1 Å². The summed E-state index contributed by atoms with van der Waals surface area (Å²) in [6.45, 7) is 1.52. The number of piperidine rings is 1. The highest BCUT2D eigenvalue weighted by Crippen LogP contribution is 2.27. The zero-order valence-corrected chi connectivity index (χ0v) is 19.8. The number of fused-ring (bicyclic) bond motifs is 1. The molecule has 9 heteroatoms. The van der Waals surface area contributed by atoms with Crippen molar-refractivity contribution in [2.45, 2.75) is 25.4 Å². The summed E-state index contributed by atoms with van der Waals surface area (Å²) in [4.78, 5) is 33.9. The highest BCUT2D eigenvalue weighted by molar-refractivity contribution is 7.20. The first-order valence-electron chi connectivity index (χ1n) is 11.4. The lowest BCUT2D eigenvalue weighted by atomic mass is 10.1. The van der Waals surface area contributed by atoms with Crippen LogP contribution < -0.4 is 21.5 Å². The summed E-state index contributed by atoms with van der Waals surface area (Å²) in [5, 5.41) is 12.4. The maximum absolute atomic E-state index is 13.7.